The van der Waals surface area contributed by atoms with E-state index in [0.29, 0.717) is 6.42 Å². The van der Waals surface area contributed by atoms with Gasteiger partial charge in [-0.3, -0.25) is 4.79 Å². The van der Waals surface area contributed by atoms with Crippen molar-refractivity contribution < 1.29 is 9.53 Å². The summed E-state index contributed by atoms with van der Waals surface area (Å²) in [6.07, 6.45) is 1.36. The predicted molar refractivity (Wildman–Crippen MR) is 69.9 cm³/mol. The van der Waals surface area contributed by atoms with Crippen LogP contribution in [0.3, 0.4) is 0 Å². The van der Waals surface area contributed by atoms with Crippen molar-refractivity contribution in [1.29, 1.82) is 0 Å². The van der Waals surface area contributed by atoms with Gasteiger partial charge in [0.1, 0.15) is 5.75 Å². The molecular formula is C13H20O2Si. The number of rotatable bonds is 5. The van der Waals surface area contributed by atoms with E-state index in [1.54, 1.807) is 0 Å². The van der Waals surface area contributed by atoms with Crippen LogP contribution in [-0.4, -0.2) is 20.1 Å². The number of benzene rings is 1. The van der Waals surface area contributed by atoms with E-state index in [0.717, 1.165) is 17.5 Å². The molecule has 0 aliphatic rings. The molecule has 0 spiro atoms. The molecular weight excluding hydrogens is 216 g/mol. The van der Waals surface area contributed by atoms with E-state index >= 15 is 0 Å². The maximum absolute atomic E-state index is 11.4. The summed E-state index contributed by atoms with van der Waals surface area (Å²) >= 11 is 0. The lowest BCUT2D eigenvalue weighted by Crippen LogP contribution is -2.29. The maximum atomic E-state index is 11.4. The molecule has 0 fully saturated rings. The highest BCUT2D eigenvalue weighted by molar-refractivity contribution is 6.76. The Kier molecular flexibility index (Phi) is 4.30. The van der Waals surface area contributed by atoms with Gasteiger partial charge in [0.25, 0.3) is 0 Å². The largest absolute Gasteiger partial charge is 0.497 e. The summed E-state index contributed by atoms with van der Waals surface area (Å²) in [5.74, 6) is 1.03. The molecule has 0 aromatic heterocycles. The monoisotopic (exact) mass is 236 g/mol. The number of ether oxygens (including phenoxy) is 1. The van der Waals surface area contributed by atoms with Gasteiger partial charge in [-0.25, -0.2) is 0 Å². The van der Waals surface area contributed by atoms with Crippen LogP contribution in [0, 0.1) is 0 Å². The molecule has 0 unspecified atom stereocenters. The van der Waals surface area contributed by atoms with Crippen molar-refractivity contribution in [2.24, 2.45) is 0 Å². The first-order valence-corrected chi connectivity index (χ1v) is 9.39. The lowest BCUT2D eigenvalue weighted by Gasteiger charge is -2.16. The number of ketones is 1. The second-order valence-electron chi connectivity index (χ2n) is 5.15. The van der Waals surface area contributed by atoms with Crippen molar-refractivity contribution >= 4 is 13.9 Å². The summed E-state index contributed by atoms with van der Waals surface area (Å²) in [6.45, 7) is 8.67. The number of carbonyl (C=O) groups excluding carboxylic acids is 1. The molecule has 0 saturated heterocycles. The minimum absolute atomic E-state index is 0.178. The fourth-order valence-corrected chi connectivity index (χ4v) is 1.84. The molecule has 16 heavy (non-hydrogen) atoms. The Hall–Kier alpha value is -1.09. The van der Waals surface area contributed by atoms with Crippen LogP contribution in [-0.2, 0) is 0 Å². The zero-order valence-corrected chi connectivity index (χ0v) is 11.5. The van der Waals surface area contributed by atoms with Crippen molar-refractivity contribution in [3.8, 4) is 5.75 Å². The first-order valence-electron chi connectivity index (χ1n) is 5.68. The Morgan fingerprint density at radius 1 is 1.19 bits per heavy atom. The van der Waals surface area contributed by atoms with Crippen molar-refractivity contribution in [3.05, 3.63) is 29.8 Å². The summed E-state index contributed by atoms with van der Waals surface area (Å²) in [7, 11) is -1.17. The average Bonchev–Trinajstić information content (AvgIpc) is 2.25. The first-order chi connectivity index (χ1) is 7.42. The number of carbonyl (C=O) groups is 1. The summed E-state index contributed by atoms with van der Waals surface area (Å²) in [5, 5.41) is 0. The van der Waals surface area contributed by atoms with Crippen LogP contribution in [0.2, 0.25) is 19.6 Å². The van der Waals surface area contributed by atoms with Crippen LogP contribution in [0.5, 0.6) is 5.75 Å². The maximum Gasteiger partial charge on any atom is 0.162 e. The number of hydrogen-bond donors (Lipinski definition) is 0. The normalized spacial score (nSPS) is 11.2. The van der Waals surface area contributed by atoms with E-state index in [1.165, 1.54) is 0 Å². The molecule has 0 radical (unpaired) electrons. The molecule has 1 rings (SSSR count). The quantitative estimate of drug-likeness (QED) is 0.577. The standard InChI is InChI=1S/C13H20O2Si/c1-5-13(14)11-6-8-12(9-7-11)15-10-16(2,3)4/h6-9H,5,10H2,1-4H3. The van der Waals surface area contributed by atoms with Crippen molar-refractivity contribution in [1.82, 2.24) is 0 Å². The Morgan fingerprint density at radius 2 is 1.75 bits per heavy atom. The molecule has 0 aliphatic carbocycles. The summed E-state index contributed by atoms with van der Waals surface area (Å²) in [5.41, 5.74) is 0.767. The van der Waals surface area contributed by atoms with Gasteiger partial charge in [-0.15, -0.1) is 0 Å². The van der Waals surface area contributed by atoms with E-state index in [9.17, 15) is 4.79 Å². The highest BCUT2D eigenvalue weighted by Crippen LogP contribution is 2.15. The third-order valence-corrected chi connectivity index (χ3v) is 3.18. The smallest absolute Gasteiger partial charge is 0.162 e. The Morgan fingerprint density at radius 3 is 2.19 bits per heavy atom. The zero-order chi connectivity index (χ0) is 12.2. The fraction of sp³-hybridized carbons (Fsp3) is 0.462. The van der Waals surface area contributed by atoms with Gasteiger partial charge in [-0.05, 0) is 24.3 Å². The molecule has 0 saturated carbocycles. The molecule has 2 nitrogen and oxygen atoms in total. The van der Waals surface area contributed by atoms with Crippen LogP contribution < -0.4 is 4.74 Å². The molecule has 0 bridgehead atoms. The summed E-state index contributed by atoms with van der Waals surface area (Å²) < 4.78 is 5.69. The third-order valence-electron chi connectivity index (χ3n) is 2.17. The highest BCUT2D eigenvalue weighted by Gasteiger charge is 2.14. The zero-order valence-electron chi connectivity index (χ0n) is 10.5. The molecule has 1 aromatic rings. The average molecular weight is 236 g/mol. The predicted octanol–water partition coefficient (Wildman–Crippen LogP) is 3.54. The van der Waals surface area contributed by atoms with Gasteiger partial charge in [0.2, 0.25) is 0 Å². The SMILES string of the molecule is CCC(=O)c1ccc(OC[Si](C)(C)C)cc1. The van der Waals surface area contributed by atoms with Crippen LogP contribution >= 0.6 is 0 Å². The molecule has 88 valence electrons. The van der Waals surface area contributed by atoms with E-state index < -0.39 is 8.07 Å². The van der Waals surface area contributed by atoms with E-state index in [2.05, 4.69) is 19.6 Å². The second-order valence-corrected chi connectivity index (χ2v) is 10.6. The molecule has 3 heteroatoms. The van der Waals surface area contributed by atoms with Gasteiger partial charge >= 0.3 is 0 Å². The Balaban J connectivity index is 2.62. The minimum atomic E-state index is -1.17. The topological polar surface area (TPSA) is 26.3 Å². The van der Waals surface area contributed by atoms with Crippen LogP contribution in [0.15, 0.2) is 24.3 Å². The van der Waals surface area contributed by atoms with E-state index in [4.69, 9.17) is 4.74 Å². The van der Waals surface area contributed by atoms with Crippen LogP contribution in [0.1, 0.15) is 23.7 Å². The van der Waals surface area contributed by atoms with Crippen LogP contribution in [0.25, 0.3) is 0 Å². The third kappa shape index (κ3) is 4.19. The van der Waals surface area contributed by atoms with Crippen molar-refractivity contribution in [3.63, 3.8) is 0 Å². The van der Waals surface area contributed by atoms with Gasteiger partial charge in [0.15, 0.2) is 5.78 Å². The molecule has 0 amide bonds. The van der Waals surface area contributed by atoms with E-state index in [1.807, 2.05) is 31.2 Å². The number of hydrogen-bond acceptors (Lipinski definition) is 2. The second kappa shape index (κ2) is 5.30. The summed E-state index contributed by atoms with van der Waals surface area (Å²) in [4.78, 5) is 11.4. The van der Waals surface area contributed by atoms with Gasteiger partial charge in [0.05, 0.1) is 14.3 Å². The first kappa shape index (κ1) is 13.0. The Labute approximate surface area is 98.6 Å². The van der Waals surface area contributed by atoms with Gasteiger partial charge in [-0.2, -0.15) is 0 Å². The molecule has 1 aromatic carbocycles. The molecule has 0 aliphatic heterocycles. The number of Topliss-reactive ketones (excluding diaryl/α,β-unsaturated/α-hetero) is 1. The minimum Gasteiger partial charge on any atom is -0.497 e. The van der Waals surface area contributed by atoms with Gasteiger partial charge in [0, 0.05) is 12.0 Å². The van der Waals surface area contributed by atoms with E-state index in [-0.39, 0.29) is 5.78 Å². The Bertz CT molecular complexity index is 349. The lowest BCUT2D eigenvalue weighted by molar-refractivity contribution is 0.0988. The van der Waals surface area contributed by atoms with Crippen molar-refractivity contribution in [2.75, 3.05) is 6.23 Å². The highest BCUT2D eigenvalue weighted by atomic mass is 28.3. The summed E-state index contributed by atoms with van der Waals surface area (Å²) in [6, 6.07) is 7.43. The molecule has 0 atom stereocenters. The van der Waals surface area contributed by atoms with Crippen LogP contribution in [0.4, 0.5) is 0 Å². The molecule has 0 N–H and O–H groups in total. The molecule has 0 heterocycles. The van der Waals surface area contributed by atoms with Gasteiger partial charge < -0.3 is 4.74 Å². The lowest BCUT2D eigenvalue weighted by atomic mass is 10.1. The van der Waals surface area contributed by atoms with Crippen molar-refractivity contribution in [2.45, 2.75) is 33.0 Å². The fourth-order valence-electron chi connectivity index (χ4n) is 1.24. The van der Waals surface area contributed by atoms with Gasteiger partial charge in [-0.1, -0.05) is 26.6 Å².